The maximum absolute atomic E-state index is 11.8. The number of hydrogen-bond donors (Lipinski definition) is 0. The van der Waals surface area contributed by atoms with Crippen molar-refractivity contribution in [2.24, 2.45) is 0 Å². The zero-order valence-electron chi connectivity index (χ0n) is 13.4. The van der Waals surface area contributed by atoms with Crippen LogP contribution in [0.5, 0.6) is 0 Å². The quantitative estimate of drug-likeness (QED) is 0.834. The molecule has 0 aromatic carbocycles. The second-order valence-electron chi connectivity index (χ2n) is 5.81. The van der Waals surface area contributed by atoms with Crippen molar-refractivity contribution in [3.8, 4) is 11.4 Å². The molecule has 2 aromatic rings. The number of anilines is 1. The lowest BCUT2D eigenvalue weighted by Gasteiger charge is -2.24. The maximum atomic E-state index is 11.8. The van der Waals surface area contributed by atoms with E-state index in [0.29, 0.717) is 25.3 Å². The molecule has 2 aromatic heterocycles. The molecule has 0 amide bonds. The number of nitrogens with zero attached hydrogens (tertiary/aromatic N) is 4. The van der Waals surface area contributed by atoms with Crippen molar-refractivity contribution in [1.29, 1.82) is 0 Å². The molecule has 3 rings (SSSR count). The van der Waals surface area contributed by atoms with Crippen molar-refractivity contribution in [1.82, 2.24) is 15.0 Å². The first kappa shape index (κ1) is 15.9. The van der Waals surface area contributed by atoms with Gasteiger partial charge in [-0.05, 0) is 32.4 Å². The molecule has 3 heterocycles. The Morgan fingerprint density at radius 1 is 1.04 bits per heavy atom. The molecule has 0 saturated carbocycles. The lowest BCUT2D eigenvalue weighted by Crippen LogP contribution is -2.29. The summed E-state index contributed by atoms with van der Waals surface area (Å²) >= 11 is 0. The first-order valence-corrected chi connectivity index (χ1v) is 9.49. The van der Waals surface area contributed by atoms with Crippen LogP contribution in [0.3, 0.4) is 0 Å². The highest BCUT2D eigenvalue weighted by molar-refractivity contribution is 7.91. The molecule has 0 radical (unpaired) electrons. The summed E-state index contributed by atoms with van der Waals surface area (Å²) in [4.78, 5) is 15.4. The Bertz CT molecular complexity index is 806. The summed E-state index contributed by atoms with van der Waals surface area (Å²) in [6, 6.07) is 3.75. The van der Waals surface area contributed by atoms with Crippen LogP contribution in [-0.2, 0) is 9.84 Å². The molecule has 0 N–H and O–H groups in total. The van der Waals surface area contributed by atoms with Gasteiger partial charge in [-0.2, -0.15) is 0 Å². The highest BCUT2D eigenvalue weighted by Crippen LogP contribution is 2.25. The van der Waals surface area contributed by atoms with E-state index < -0.39 is 9.84 Å². The third-order valence-corrected chi connectivity index (χ3v) is 5.87. The van der Waals surface area contributed by atoms with E-state index in [1.807, 2.05) is 26.0 Å². The van der Waals surface area contributed by atoms with Crippen molar-refractivity contribution in [2.75, 3.05) is 29.5 Å². The van der Waals surface area contributed by atoms with Crippen molar-refractivity contribution >= 4 is 15.7 Å². The van der Waals surface area contributed by atoms with Gasteiger partial charge in [-0.15, -0.1) is 0 Å². The van der Waals surface area contributed by atoms with Crippen molar-refractivity contribution in [3.05, 3.63) is 35.8 Å². The van der Waals surface area contributed by atoms with E-state index in [2.05, 4.69) is 14.9 Å². The lowest BCUT2D eigenvalue weighted by molar-refractivity contribution is 0.597. The predicted molar refractivity (Wildman–Crippen MR) is 90.2 cm³/mol. The lowest BCUT2D eigenvalue weighted by atomic mass is 10.2. The molecule has 1 saturated heterocycles. The fourth-order valence-electron chi connectivity index (χ4n) is 2.70. The third kappa shape index (κ3) is 3.50. The van der Waals surface area contributed by atoms with Gasteiger partial charge < -0.3 is 4.90 Å². The fraction of sp³-hybridized carbons (Fsp3) is 0.438. The third-order valence-electron chi connectivity index (χ3n) is 4.16. The first-order valence-electron chi connectivity index (χ1n) is 7.67. The molecule has 1 fully saturated rings. The molecule has 0 unspecified atom stereocenters. The average Bonchev–Trinajstić information content (AvgIpc) is 2.71. The van der Waals surface area contributed by atoms with Crippen molar-refractivity contribution < 1.29 is 8.42 Å². The topological polar surface area (TPSA) is 76.1 Å². The molecule has 0 bridgehead atoms. The van der Waals surface area contributed by atoms with Gasteiger partial charge in [0, 0.05) is 42.3 Å². The fourth-order valence-corrected chi connectivity index (χ4v) is 3.97. The highest BCUT2D eigenvalue weighted by atomic mass is 32.2. The molecule has 6 nitrogen and oxygen atoms in total. The molecule has 122 valence electrons. The van der Waals surface area contributed by atoms with Gasteiger partial charge in [-0.3, -0.25) is 4.98 Å². The highest BCUT2D eigenvalue weighted by Gasteiger charge is 2.22. The van der Waals surface area contributed by atoms with E-state index in [1.54, 1.807) is 12.4 Å². The Morgan fingerprint density at radius 2 is 1.78 bits per heavy atom. The molecule has 1 aliphatic heterocycles. The molecular formula is C16H20N4O2S. The zero-order valence-corrected chi connectivity index (χ0v) is 14.2. The predicted octanol–water partition coefficient (Wildman–Crippen LogP) is 1.78. The number of aryl methyl sites for hydroxylation is 1. The van der Waals surface area contributed by atoms with Crippen LogP contribution in [0.15, 0.2) is 24.5 Å². The molecule has 0 atom stereocenters. The zero-order chi connectivity index (χ0) is 16.4. The van der Waals surface area contributed by atoms with Crippen LogP contribution in [-0.4, -0.2) is 48.0 Å². The van der Waals surface area contributed by atoms with E-state index in [9.17, 15) is 8.42 Å². The van der Waals surface area contributed by atoms with Crippen LogP contribution < -0.4 is 4.90 Å². The standard InChI is InChI=1S/C16H20N4O2S/c1-12-13(2)18-15(14-4-6-17-7-5-14)19-16(12)20-8-3-10-23(21,22)11-9-20/h4-7H,3,8-11H2,1-2H3. The Kier molecular flexibility index (Phi) is 4.30. The summed E-state index contributed by atoms with van der Waals surface area (Å²) in [6.45, 7) is 5.13. The number of sulfone groups is 1. The second kappa shape index (κ2) is 6.23. The first-order chi connectivity index (χ1) is 11.0. The smallest absolute Gasteiger partial charge is 0.161 e. The summed E-state index contributed by atoms with van der Waals surface area (Å²) in [5.74, 6) is 1.92. The van der Waals surface area contributed by atoms with Gasteiger partial charge in [-0.25, -0.2) is 18.4 Å². The van der Waals surface area contributed by atoms with E-state index >= 15 is 0 Å². The van der Waals surface area contributed by atoms with Gasteiger partial charge >= 0.3 is 0 Å². The SMILES string of the molecule is Cc1nc(-c2ccncc2)nc(N2CCCS(=O)(=O)CC2)c1C. The Morgan fingerprint density at radius 3 is 2.52 bits per heavy atom. The number of pyridine rings is 1. The minimum atomic E-state index is -2.94. The van der Waals surface area contributed by atoms with E-state index in [0.717, 1.165) is 22.6 Å². The Labute approximate surface area is 136 Å². The Hall–Kier alpha value is -2.02. The summed E-state index contributed by atoms with van der Waals surface area (Å²) in [6.07, 6.45) is 4.06. The Balaban J connectivity index is 2.00. The van der Waals surface area contributed by atoms with E-state index in [4.69, 9.17) is 4.98 Å². The number of aromatic nitrogens is 3. The van der Waals surface area contributed by atoms with Gasteiger partial charge in [0.1, 0.15) is 5.82 Å². The van der Waals surface area contributed by atoms with Crippen LogP contribution in [0.4, 0.5) is 5.82 Å². The van der Waals surface area contributed by atoms with Crippen LogP contribution in [0, 0.1) is 13.8 Å². The number of hydrogen-bond acceptors (Lipinski definition) is 6. The van der Waals surface area contributed by atoms with Crippen LogP contribution in [0.1, 0.15) is 17.7 Å². The van der Waals surface area contributed by atoms with Crippen LogP contribution in [0.25, 0.3) is 11.4 Å². The van der Waals surface area contributed by atoms with Crippen molar-refractivity contribution in [2.45, 2.75) is 20.3 Å². The van der Waals surface area contributed by atoms with Gasteiger partial charge in [0.05, 0.1) is 11.5 Å². The van der Waals surface area contributed by atoms with Gasteiger partial charge in [-0.1, -0.05) is 0 Å². The number of rotatable bonds is 2. The van der Waals surface area contributed by atoms with Crippen LogP contribution in [0.2, 0.25) is 0 Å². The summed E-state index contributed by atoms with van der Waals surface area (Å²) in [5.41, 5.74) is 2.82. The van der Waals surface area contributed by atoms with Gasteiger partial charge in [0.25, 0.3) is 0 Å². The monoisotopic (exact) mass is 332 g/mol. The minimum Gasteiger partial charge on any atom is -0.355 e. The molecule has 0 spiro atoms. The van der Waals surface area contributed by atoms with Crippen LogP contribution >= 0.6 is 0 Å². The average molecular weight is 332 g/mol. The van der Waals surface area contributed by atoms with E-state index in [1.165, 1.54) is 0 Å². The second-order valence-corrected chi connectivity index (χ2v) is 8.11. The largest absolute Gasteiger partial charge is 0.355 e. The van der Waals surface area contributed by atoms with Gasteiger partial charge in [0.15, 0.2) is 15.7 Å². The normalized spacial score (nSPS) is 17.7. The molecular weight excluding hydrogens is 312 g/mol. The molecule has 23 heavy (non-hydrogen) atoms. The summed E-state index contributed by atoms with van der Waals surface area (Å²) in [5, 5.41) is 0. The van der Waals surface area contributed by atoms with Gasteiger partial charge in [0.2, 0.25) is 0 Å². The summed E-state index contributed by atoms with van der Waals surface area (Å²) in [7, 11) is -2.94. The molecule has 0 aliphatic carbocycles. The summed E-state index contributed by atoms with van der Waals surface area (Å²) < 4.78 is 23.6. The van der Waals surface area contributed by atoms with Crippen molar-refractivity contribution in [3.63, 3.8) is 0 Å². The van der Waals surface area contributed by atoms with E-state index in [-0.39, 0.29) is 11.5 Å². The molecule has 1 aliphatic rings. The maximum Gasteiger partial charge on any atom is 0.161 e. The molecule has 7 heteroatoms. The minimum absolute atomic E-state index is 0.181.